The molecule has 0 fully saturated rings. The molecule has 1 N–H and O–H groups in total. The van der Waals surface area contributed by atoms with Gasteiger partial charge in [-0.25, -0.2) is 9.37 Å². The Morgan fingerprint density at radius 1 is 1.32 bits per heavy atom. The van der Waals surface area contributed by atoms with Crippen LogP contribution in [0.5, 0.6) is 5.88 Å². The third kappa shape index (κ3) is 3.75. The molecule has 0 bridgehead atoms. The second-order valence-electron chi connectivity index (χ2n) is 4.03. The van der Waals surface area contributed by atoms with Crippen LogP contribution in [0.3, 0.4) is 0 Å². The summed E-state index contributed by atoms with van der Waals surface area (Å²) in [7, 11) is 1.85. The molecule has 3 nitrogen and oxygen atoms in total. The number of nitrogens with one attached hydrogen (secondary N) is 1. The van der Waals surface area contributed by atoms with Gasteiger partial charge in [-0.3, -0.25) is 0 Å². The van der Waals surface area contributed by atoms with Crippen LogP contribution in [0.4, 0.5) is 4.39 Å². The van der Waals surface area contributed by atoms with Gasteiger partial charge >= 0.3 is 0 Å². The van der Waals surface area contributed by atoms with Crippen molar-refractivity contribution in [2.45, 2.75) is 13.2 Å². The Bertz CT molecular complexity index is 563. The summed E-state index contributed by atoms with van der Waals surface area (Å²) in [5.74, 6) is 0.246. The molecule has 0 atom stereocenters. The summed E-state index contributed by atoms with van der Waals surface area (Å²) in [6, 6.07) is 8.49. The van der Waals surface area contributed by atoms with Crippen molar-refractivity contribution in [2.75, 3.05) is 7.05 Å². The number of hydrogen-bond acceptors (Lipinski definition) is 3. The molecular formula is C14H14BrFN2O. The van der Waals surface area contributed by atoms with E-state index in [0.29, 0.717) is 18.0 Å². The van der Waals surface area contributed by atoms with E-state index >= 15 is 0 Å². The van der Waals surface area contributed by atoms with Crippen molar-refractivity contribution < 1.29 is 9.13 Å². The second kappa shape index (κ2) is 6.63. The predicted octanol–water partition coefficient (Wildman–Crippen LogP) is 3.28. The Balaban J connectivity index is 2.13. The van der Waals surface area contributed by atoms with E-state index in [1.165, 1.54) is 6.07 Å². The Kier molecular flexibility index (Phi) is 4.87. The average Bonchev–Trinajstić information content (AvgIpc) is 2.40. The fourth-order valence-corrected chi connectivity index (χ4v) is 2.06. The molecule has 1 aromatic carbocycles. The smallest absolute Gasteiger partial charge is 0.218 e. The molecule has 0 unspecified atom stereocenters. The molecule has 0 amide bonds. The largest absolute Gasteiger partial charge is 0.472 e. The van der Waals surface area contributed by atoms with Crippen molar-refractivity contribution in [2.24, 2.45) is 0 Å². The van der Waals surface area contributed by atoms with Crippen LogP contribution in [0.15, 0.2) is 41.0 Å². The summed E-state index contributed by atoms with van der Waals surface area (Å²) in [5, 5.41) is 3.05. The predicted molar refractivity (Wildman–Crippen MR) is 75.4 cm³/mol. The van der Waals surface area contributed by atoms with Crippen LogP contribution in [0.1, 0.15) is 11.1 Å². The zero-order chi connectivity index (χ0) is 13.7. The summed E-state index contributed by atoms with van der Waals surface area (Å²) in [4.78, 5) is 4.21. The number of rotatable bonds is 5. The Labute approximate surface area is 119 Å². The minimum Gasteiger partial charge on any atom is -0.472 e. The highest BCUT2D eigenvalue weighted by atomic mass is 79.9. The number of ether oxygens (including phenoxy) is 1. The standard InChI is InChI=1S/C14H14BrFN2O/c1-17-7-11-6-12(15)8-18-14(11)19-9-10-4-2-3-5-13(10)16/h2-6,8,17H,7,9H2,1H3. The van der Waals surface area contributed by atoms with Crippen molar-refractivity contribution >= 4 is 15.9 Å². The van der Waals surface area contributed by atoms with E-state index in [2.05, 4.69) is 26.2 Å². The van der Waals surface area contributed by atoms with Crippen LogP contribution in [-0.2, 0) is 13.2 Å². The Morgan fingerprint density at radius 3 is 2.84 bits per heavy atom. The molecule has 100 valence electrons. The first-order chi connectivity index (χ1) is 9.20. The van der Waals surface area contributed by atoms with Gasteiger partial charge in [-0.05, 0) is 35.1 Å². The maximum Gasteiger partial charge on any atom is 0.218 e. The van der Waals surface area contributed by atoms with E-state index in [0.717, 1.165) is 10.0 Å². The van der Waals surface area contributed by atoms with Gasteiger partial charge in [-0.15, -0.1) is 0 Å². The highest BCUT2D eigenvalue weighted by Crippen LogP contribution is 2.21. The van der Waals surface area contributed by atoms with Crippen molar-refractivity contribution in [3.8, 4) is 5.88 Å². The number of pyridine rings is 1. The van der Waals surface area contributed by atoms with E-state index in [4.69, 9.17) is 4.74 Å². The summed E-state index contributed by atoms with van der Waals surface area (Å²) in [5.41, 5.74) is 1.44. The lowest BCUT2D eigenvalue weighted by Gasteiger charge is -2.11. The van der Waals surface area contributed by atoms with Crippen molar-refractivity contribution in [1.29, 1.82) is 0 Å². The zero-order valence-electron chi connectivity index (χ0n) is 10.5. The number of nitrogens with zero attached hydrogens (tertiary/aromatic N) is 1. The number of halogens is 2. The third-order valence-electron chi connectivity index (χ3n) is 2.58. The van der Waals surface area contributed by atoms with Gasteiger partial charge in [0, 0.05) is 28.3 Å². The fourth-order valence-electron chi connectivity index (χ4n) is 1.68. The lowest BCUT2D eigenvalue weighted by molar-refractivity contribution is 0.284. The molecule has 0 saturated heterocycles. The van der Waals surface area contributed by atoms with Gasteiger partial charge in [0.1, 0.15) is 12.4 Å². The topological polar surface area (TPSA) is 34.2 Å². The lowest BCUT2D eigenvalue weighted by Crippen LogP contribution is -2.09. The van der Waals surface area contributed by atoms with Gasteiger partial charge in [0.2, 0.25) is 5.88 Å². The van der Waals surface area contributed by atoms with E-state index in [-0.39, 0.29) is 12.4 Å². The zero-order valence-corrected chi connectivity index (χ0v) is 12.1. The van der Waals surface area contributed by atoms with Crippen LogP contribution in [-0.4, -0.2) is 12.0 Å². The quantitative estimate of drug-likeness (QED) is 0.916. The number of aromatic nitrogens is 1. The maximum atomic E-state index is 13.5. The van der Waals surface area contributed by atoms with Crippen LogP contribution in [0.2, 0.25) is 0 Å². The fraction of sp³-hybridized carbons (Fsp3) is 0.214. The second-order valence-corrected chi connectivity index (χ2v) is 4.94. The molecule has 1 heterocycles. The minimum absolute atomic E-state index is 0.165. The molecule has 0 radical (unpaired) electrons. The molecule has 0 saturated carbocycles. The van der Waals surface area contributed by atoms with Crippen molar-refractivity contribution in [1.82, 2.24) is 10.3 Å². The van der Waals surface area contributed by atoms with Crippen LogP contribution >= 0.6 is 15.9 Å². The van der Waals surface area contributed by atoms with E-state index in [9.17, 15) is 4.39 Å². The van der Waals surface area contributed by atoms with E-state index in [1.807, 2.05) is 13.1 Å². The van der Waals surface area contributed by atoms with E-state index in [1.54, 1.807) is 24.4 Å². The average molecular weight is 325 g/mol. The first-order valence-corrected chi connectivity index (χ1v) is 6.65. The molecule has 0 aliphatic rings. The van der Waals surface area contributed by atoms with Gasteiger partial charge in [0.15, 0.2) is 0 Å². The molecule has 2 aromatic rings. The highest BCUT2D eigenvalue weighted by Gasteiger charge is 2.08. The van der Waals surface area contributed by atoms with E-state index < -0.39 is 0 Å². The summed E-state index contributed by atoms with van der Waals surface area (Å²) in [6.45, 7) is 0.803. The minimum atomic E-state index is -0.269. The maximum absolute atomic E-state index is 13.5. The number of hydrogen-bond donors (Lipinski definition) is 1. The molecule has 0 aliphatic carbocycles. The lowest BCUT2D eigenvalue weighted by atomic mass is 10.2. The molecular weight excluding hydrogens is 311 g/mol. The summed E-state index contributed by atoms with van der Waals surface area (Å²) < 4.78 is 20.0. The Morgan fingerprint density at radius 2 is 2.11 bits per heavy atom. The number of benzene rings is 1. The molecule has 5 heteroatoms. The summed E-state index contributed by atoms with van der Waals surface area (Å²) >= 11 is 3.37. The van der Waals surface area contributed by atoms with Crippen molar-refractivity contribution in [3.63, 3.8) is 0 Å². The molecule has 2 rings (SSSR count). The molecule has 0 aliphatic heterocycles. The van der Waals surface area contributed by atoms with Crippen LogP contribution < -0.4 is 10.1 Å². The van der Waals surface area contributed by atoms with Gasteiger partial charge < -0.3 is 10.1 Å². The van der Waals surface area contributed by atoms with Gasteiger partial charge in [0.25, 0.3) is 0 Å². The SMILES string of the molecule is CNCc1cc(Br)cnc1OCc1ccccc1F. The van der Waals surface area contributed by atoms with Crippen LogP contribution in [0.25, 0.3) is 0 Å². The first kappa shape index (κ1) is 14.0. The Hall–Kier alpha value is -1.46. The molecule has 0 spiro atoms. The van der Waals surface area contributed by atoms with Gasteiger partial charge in [0.05, 0.1) is 0 Å². The van der Waals surface area contributed by atoms with Crippen molar-refractivity contribution in [3.05, 3.63) is 57.9 Å². The first-order valence-electron chi connectivity index (χ1n) is 5.86. The third-order valence-corrected chi connectivity index (χ3v) is 3.02. The molecule has 19 heavy (non-hydrogen) atoms. The summed E-state index contributed by atoms with van der Waals surface area (Å²) in [6.07, 6.45) is 1.66. The molecule has 1 aromatic heterocycles. The van der Waals surface area contributed by atoms with Gasteiger partial charge in [-0.1, -0.05) is 18.2 Å². The normalized spacial score (nSPS) is 10.5. The van der Waals surface area contributed by atoms with Gasteiger partial charge in [-0.2, -0.15) is 0 Å². The van der Waals surface area contributed by atoms with Crippen LogP contribution in [0, 0.1) is 5.82 Å². The highest BCUT2D eigenvalue weighted by molar-refractivity contribution is 9.10. The monoisotopic (exact) mass is 324 g/mol.